The lowest BCUT2D eigenvalue weighted by atomic mass is 9.86. The van der Waals surface area contributed by atoms with Crippen LogP contribution in [0.15, 0.2) is 23.1 Å². The van der Waals surface area contributed by atoms with Crippen LogP contribution in [0.3, 0.4) is 0 Å². The van der Waals surface area contributed by atoms with Crippen molar-refractivity contribution >= 4 is 10.0 Å². The van der Waals surface area contributed by atoms with Crippen molar-refractivity contribution in [1.82, 2.24) is 4.72 Å². The fourth-order valence-electron chi connectivity index (χ4n) is 2.69. The molecule has 20 heavy (non-hydrogen) atoms. The summed E-state index contributed by atoms with van der Waals surface area (Å²) < 4.78 is 40.2. The standard InChI is InChI=1S/C14H21FN2O2S/c1-10-5-6-12(15)8-14(10)20(18,19)17-9-11-3-2-4-13(16)7-11/h5-6,8,11,13,17H,2-4,7,9,16H2,1H3. The average molecular weight is 300 g/mol. The molecule has 0 bridgehead atoms. The molecule has 1 aliphatic carbocycles. The first-order valence-electron chi connectivity index (χ1n) is 6.90. The van der Waals surface area contributed by atoms with Gasteiger partial charge in [-0.3, -0.25) is 0 Å². The van der Waals surface area contributed by atoms with E-state index in [2.05, 4.69) is 4.72 Å². The van der Waals surface area contributed by atoms with Crippen LogP contribution in [0, 0.1) is 18.7 Å². The maximum Gasteiger partial charge on any atom is 0.240 e. The van der Waals surface area contributed by atoms with Crippen molar-refractivity contribution in [1.29, 1.82) is 0 Å². The van der Waals surface area contributed by atoms with Gasteiger partial charge in [-0.05, 0) is 49.8 Å². The highest BCUT2D eigenvalue weighted by Crippen LogP contribution is 2.23. The van der Waals surface area contributed by atoms with Crippen molar-refractivity contribution < 1.29 is 12.8 Å². The molecule has 2 rings (SSSR count). The van der Waals surface area contributed by atoms with Crippen LogP contribution in [0.2, 0.25) is 0 Å². The zero-order valence-corrected chi connectivity index (χ0v) is 12.4. The van der Waals surface area contributed by atoms with Crippen LogP contribution in [0.5, 0.6) is 0 Å². The molecule has 2 unspecified atom stereocenters. The van der Waals surface area contributed by atoms with Gasteiger partial charge in [-0.15, -0.1) is 0 Å². The molecule has 6 heteroatoms. The van der Waals surface area contributed by atoms with Crippen LogP contribution in [-0.4, -0.2) is 21.0 Å². The Balaban J connectivity index is 2.05. The topological polar surface area (TPSA) is 72.2 Å². The van der Waals surface area contributed by atoms with Crippen LogP contribution in [0.4, 0.5) is 4.39 Å². The minimum atomic E-state index is -3.66. The summed E-state index contributed by atoms with van der Waals surface area (Å²) in [4.78, 5) is 0.0117. The summed E-state index contributed by atoms with van der Waals surface area (Å²) in [6.07, 6.45) is 3.86. The van der Waals surface area contributed by atoms with E-state index in [4.69, 9.17) is 5.73 Å². The molecule has 1 saturated carbocycles. The van der Waals surface area contributed by atoms with E-state index in [0.717, 1.165) is 31.7 Å². The number of hydrogen-bond acceptors (Lipinski definition) is 3. The van der Waals surface area contributed by atoms with Gasteiger partial charge in [-0.1, -0.05) is 12.5 Å². The van der Waals surface area contributed by atoms with Crippen LogP contribution in [-0.2, 0) is 10.0 Å². The molecule has 1 aromatic rings. The minimum absolute atomic E-state index is 0.0117. The Morgan fingerprint density at radius 3 is 2.85 bits per heavy atom. The Labute approximate surface area is 119 Å². The van der Waals surface area contributed by atoms with Gasteiger partial charge >= 0.3 is 0 Å². The molecule has 1 aliphatic rings. The fraction of sp³-hybridized carbons (Fsp3) is 0.571. The summed E-state index contributed by atoms with van der Waals surface area (Å²) in [5.74, 6) is -0.280. The highest BCUT2D eigenvalue weighted by Gasteiger charge is 2.23. The van der Waals surface area contributed by atoms with Gasteiger partial charge in [0.15, 0.2) is 0 Å². The van der Waals surface area contributed by atoms with Crippen LogP contribution >= 0.6 is 0 Å². The maximum atomic E-state index is 13.2. The molecular formula is C14H21FN2O2S. The predicted octanol–water partition coefficient (Wildman–Crippen LogP) is 1.93. The molecule has 0 aromatic heterocycles. The van der Waals surface area contributed by atoms with Gasteiger partial charge in [0.25, 0.3) is 0 Å². The lowest BCUT2D eigenvalue weighted by Crippen LogP contribution is -2.35. The highest BCUT2D eigenvalue weighted by atomic mass is 32.2. The van der Waals surface area contributed by atoms with Gasteiger partial charge in [0.2, 0.25) is 10.0 Å². The number of nitrogens with one attached hydrogen (secondary N) is 1. The zero-order valence-electron chi connectivity index (χ0n) is 11.6. The maximum absolute atomic E-state index is 13.2. The van der Waals surface area contributed by atoms with Gasteiger partial charge in [-0.25, -0.2) is 17.5 Å². The Hall–Kier alpha value is -0.980. The third-order valence-electron chi connectivity index (χ3n) is 3.83. The highest BCUT2D eigenvalue weighted by molar-refractivity contribution is 7.89. The number of aryl methyl sites for hydroxylation is 1. The second-order valence-corrected chi connectivity index (χ2v) is 7.29. The molecule has 0 saturated heterocycles. The summed E-state index contributed by atoms with van der Waals surface area (Å²) in [6, 6.07) is 3.95. The van der Waals surface area contributed by atoms with Gasteiger partial charge in [0, 0.05) is 12.6 Å². The van der Waals surface area contributed by atoms with Gasteiger partial charge in [0.1, 0.15) is 5.82 Å². The quantitative estimate of drug-likeness (QED) is 0.892. The first-order chi connectivity index (χ1) is 9.38. The van der Waals surface area contributed by atoms with E-state index in [-0.39, 0.29) is 16.9 Å². The van der Waals surface area contributed by atoms with Crippen molar-refractivity contribution in [3.05, 3.63) is 29.6 Å². The molecule has 1 aromatic carbocycles. The molecule has 0 heterocycles. The largest absolute Gasteiger partial charge is 0.328 e. The second-order valence-electron chi connectivity index (χ2n) is 5.55. The number of halogens is 1. The number of hydrogen-bond donors (Lipinski definition) is 2. The second kappa shape index (κ2) is 6.20. The third-order valence-corrected chi connectivity index (χ3v) is 5.39. The van der Waals surface area contributed by atoms with E-state index in [0.29, 0.717) is 12.1 Å². The SMILES string of the molecule is Cc1ccc(F)cc1S(=O)(=O)NCC1CCCC(N)C1. The lowest BCUT2D eigenvalue weighted by Gasteiger charge is -2.26. The van der Waals surface area contributed by atoms with Gasteiger partial charge in [0.05, 0.1) is 4.90 Å². The summed E-state index contributed by atoms with van der Waals surface area (Å²) in [5, 5.41) is 0. The third kappa shape index (κ3) is 3.77. The molecular weight excluding hydrogens is 279 g/mol. The van der Waals surface area contributed by atoms with Crippen LogP contribution in [0.25, 0.3) is 0 Å². The van der Waals surface area contributed by atoms with Crippen molar-refractivity contribution in [2.24, 2.45) is 11.7 Å². The molecule has 2 atom stereocenters. The molecule has 0 aliphatic heterocycles. The Kier molecular flexibility index (Phi) is 4.78. The van der Waals surface area contributed by atoms with Crippen molar-refractivity contribution in [2.75, 3.05) is 6.54 Å². The molecule has 0 spiro atoms. The summed E-state index contributed by atoms with van der Waals surface area (Å²) in [5.41, 5.74) is 6.43. The minimum Gasteiger partial charge on any atom is -0.328 e. The Bertz CT molecular complexity index is 575. The summed E-state index contributed by atoms with van der Waals surface area (Å²) in [6.45, 7) is 2.02. The first kappa shape index (κ1) is 15.4. The first-order valence-corrected chi connectivity index (χ1v) is 8.38. The normalized spacial score (nSPS) is 23.8. The van der Waals surface area contributed by atoms with Gasteiger partial charge < -0.3 is 5.73 Å². The van der Waals surface area contributed by atoms with E-state index in [1.165, 1.54) is 12.1 Å². The van der Waals surface area contributed by atoms with Crippen molar-refractivity contribution in [3.63, 3.8) is 0 Å². The smallest absolute Gasteiger partial charge is 0.240 e. The predicted molar refractivity (Wildman–Crippen MR) is 76.3 cm³/mol. The average Bonchev–Trinajstić information content (AvgIpc) is 2.39. The molecule has 0 radical (unpaired) electrons. The molecule has 4 nitrogen and oxygen atoms in total. The summed E-state index contributed by atoms with van der Waals surface area (Å²) >= 11 is 0. The molecule has 1 fully saturated rings. The summed E-state index contributed by atoms with van der Waals surface area (Å²) in [7, 11) is -3.66. The van der Waals surface area contributed by atoms with Crippen molar-refractivity contribution in [2.45, 2.75) is 43.5 Å². The van der Waals surface area contributed by atoms with Crippen molar-refractivity contribution in [3.8, 4) is 0 Å². The monoisotopic (exact) mass is 300 g/mol. The number of rotatable bonds is 4. The Morgan fingerprint density at radius 2 is 2.15 bits per heavy atom. The molecule has 112 valence electrons. The number of sulfonamides is 1. The van der Waals surface area contributed by atoms with Gasteiger partial charge in [-0.2, -0.15) is 0 Å². The zero-order chi connectivity index (χ0) is 14.8. The van der Waals surface area contributed by atoms with Crippen LogP contribution < -0.4 is 10.5 Å². The fourth-order valence-corrected chi connectivity index (χ4v) is 4.06. The van der Waals surface area contributed by atoms with E-state index in [9.17, 15) is 12.8 Å². The lowest BCUT2D eigenvalue weighted by molar-refractivity contribution is 0.322. The van der Waals surface area contributed by atoms with Crippen LogP contribution in [0.1, 0.15) is 31.2 Å². The van der Waals surface area contributed by atoms with E-state index < -0.39 is 15.8 Å². The number of nitrogens with two attached hydrogens (primary N) is 1. The number of benzene rings is 1. The Morgan fingerprint density at radius 1 is 1.40 bits per heavy atom. The van der Waals surface area contributed by atoms with E-state index >= 15 is 0 Å². The molecule has 3 N–H and O–H groups in total. The van der Waals surface area contributed by atoms with E-state index in [1.807, 2.05) is 0 Å². The molecule has 0 amide bonds. The van der Waals surface area contributed by atoms with E-state index in [1.54, 1.807) is 6.92 Å².